The lowest BCUT2D eigenvalue weighted by Crippen LogP contribution is -1.97. The number of fused-ring (bicyclic) bond motifs is 3. The molecule has 0 N–H and O–H groups in total. The SMILES string of the molecule is c1ccc(-c2cccc(-c3cccc(-c4cc(-c5cc(-c6ccccc6)cc(-c6cccc7oc8ccccc8c67)c5)nc(-c5ccccc5)n4)c3)c2)cc1. The Hall–Kier alpha value is -7.36. The van der Waals surface area contributed by atoms with Gasteiger partial charge in [0.1, 0.15) is 11.2 Å². The minimum atomic E-state index is 0.680. The van der Waals surface area contributed by atoms with E-state index in [-0.39, 0.29) is 0 Å². The third kappa shape index (κ3) is 6.28. The van der Waals surface area contributed by atoms with Crippen molar-refractivity contribution in [2.75, 3.05) is 0 Å². The van der Waals surface area contributed by atoms with Gasteiger partial charge in [0.15, 0.2) is 5.82 Å². The van der Waals surface area contributed by atoms with Crippen molar-refractivity contribution in [1.29, 1.82) is 0 Å². The largest absolute Gasteiger partial charge is 0.456 e. The lowest BCUT2D eigenvalue weighted by atomic mass is 9.92. The molecular weight excluding hydrogens is 669 g/mol. The van der Waals surface area contributed by atoms with Crippen LogP contribution in [0.3, 0.4) is 0 Å². The molecule has 8 aromatic carbocycles. The monoisotopic (exact) mass is 702 g/mol. The summed E-state index contributed by atoms with van der Waals surface area (Å²) in [5, 5.41) is 2.21. The van der Waals surface area contributed by atoms with Crippen LogP contribution in [0.15, 0.2) is 211 Å². The molecule has 2 aromatic heterocycles. The van der Waals surface area contributed by atoms with Crippen molar-refractivity contribution in [2.45, 2.75) is 0 Å². The zero-order valence-electron chi connectivity index (χ0n) is 29.9. The summed E-state index contributed by atoms with van der Waals surface area (Å²) in [5.74, 6) is 0.680. The average molecular weight is 703 g/mol. The molecule has 0 amide bonds. The number of aromatic nitrogens is 2. The maximum absolute atomic E-state index is 6.32. The van der Waals surface area contributed by atoms with E-state index < -0.39 is 0 Å². The van der Waals surface area contributed by atoms with E-state index in [1.807, 2.05) is 30.3 Å². The molecule has 0 aliphatic heterocycles. The lowest BCUT2D eigenvalue weighted by Gasteiger charge is -2.14. The van der Waals surface area contributed by atoms with Crippen molar-refractivity contribution in [2.24, 2.45) is 0 Å². The van der Waals surface area contributed by atoms with Gasteiger partial charge in [0.2, 0.25) is 0 Å². The Morgan fingerprint density at radius 1 is 0.291 bits per heavy atom. The molecule has 3 nitrogen and oxygen atoms in total. The first-order valence-corrected chi connectivity index (χ1v) is 18.6. The van der Waals surface area contributed by atoms with Crippen LogP contribution in [0.1, 0.15) is 0 Å². The van der Waals surface area contributed by atoms with Crippen LogP contribution in [0, 0.1) is 0 Å². The summed E-state index contributed by atoms with van der Waals surface area (Å²) >= 11 is 0. The number of nitrogens with zero attached hydrogens (tertiary/aromatic N) is 2. The topological polar surface area (TPSA) is 38.9 Å². The fourth-order valence-corrected chi connectivity index (χ4v) is 7.57. The van der Waals surface area contributed by atoms with Crippen LogP contribution in [0.2, 0.25) is 0 Å². The number of hydrogen-bond donors (Lipinski definition) is 0. The van der Waals surface area contributed by atoms with Crippen LogP contribution in [0.4, 0.5) is 0 Å². The Bertz CT molecular complexity index is 2970. The van der Waals surface area contributed by atoms with E-state index >= 15 is 0 Å². The number of furan rings is 1. The Kier molecular flexibility index (Phi) is 8.16. The summed E-state index contributed by atoms with van der Waals surface area (Å²) in [6, 6.07) is 72.2. The van der Waals surface area contributed by atoms with Gasteiger partial charge in [-0.3, -0.25) is 0 Å². The van der Waals surface area contributed by atoms with E-state index in [4.69, 9.17) is 14.4 Å². The number of benzene rings is 8. The highest BCUT2D eigenvalue weighted by Gasteiger charge is 2.17. The van der Waals surface area contributed by atoms with Crippen LogP contribution in [-0.4, -0.2) is 9.97 Å². The summed E-state index contributed by atoms with van der Waals surface area (Å²) in [4.78, 5) is 10.5. The molecule has 55 heavy (non-hydrogen) atoms. The highest BCUT2D eigenvalue weighted by Crippen LogP contribution is 2.40. The molecule has 2 heterocycles. The maximum Gasteiger partial charge on any atom is 0.160 e. The van der Waals surface area contributed by atoms with Crippen molar-refractivity contribution < 1.29 is 4.42 Å². The van der Waals surface area contributed by atoms with Gasteiger partial charge in [-0.15, -0.1) is 0 Å². The molecule has 258 valence electrons. The van der Waals surface area contributed by atoms with Crippen molar-refractivity contribution in [3.63, 3.8) is 0 Å². The Balaban J connectivity index is 1.16. The standard InChI is InChI=1S/C52H34N2O/c1-4-15-35(16-5-1)38-21-12-22-39(29-38)40-23-13-24-41(30-40)47-34-48(54-52(53-47)37-19-8-3-9-20-37)44-32-42(36-17-6-2-7-18-36)31-43(33-44)45-26-14-28-50-51(45)46-25-10-11-27-49(46)55-50/h1-34H. The molecule has 0 saturated heterocycles. The average Bonchev–Trinajstić information content (AvgIpc) is 3.66. The highest BCUT2D eigenvalue weighted by atomic mass is 16.3. The van der Waals surface area contributed by atoms with E-state index in [9.17, 15) is 0 Å². The zero-order chi connectivity index (χ0) is 36.6. The van der Waals surface area contributed by atoms with Crippen LogP contribution < -0.4 is 0 Å². The quantitative estimate of drug-likeness (QED) is 0.166. The van der Waals surface area contributed by atoms with E-state index in [2.05, 4.69) is 176 Å². The minimum absolute atomic E-state index is 0.680. The Morgan fingerprint density at radius 3 is 1.45 bits per heavy atom. The van der Waals surface area contributed by atoms with Crippen LogP contribution in [0.5, 0.6) is 0 Å². The predicted octanol–water partition coefficient (Wildman–Crippen LogP) is 14.0. The Morgan fingerprint density at radius 2 is 0.745 bits per heavy atom. The van der Waals surface area contributed by atoms with E-state index in [0.717, 1.165) is 83.4 Å². The molecule has 0 aliphatic rings. The molecule has 0 saturated carbocycles. The molecule has 0 aliphatic carbocycles. The molecule has 0 unspecified atom stereocenters. The first-order valence-electron chi connectivity index (χ1n) is 18.6. The van der Waals surface area contributed by atoms with Crippen LogP contribution in [0.25, 0.3) is 100 Å². The second kappa shape index (κ2) is 13.9. The molecule has 3 heteroatoms. The normalized spacial score (nSPS) is 11.3. The zero-order valence-corrected chi connectivity index (χ0v) is 29.9. The minimum Gasteiger partial charge on any atom is -0.456 e. The smallest absolute Gasteiger partial charge is 0.160 e. The third-order valence-electron chi connectivity index (χ3n) is 10.3. The maximum atomic E-state index is 6.32. The molecule has 0 spiro atoms. The van der Waals surface area contributed by atoms with E-state index in [0.29, 0.717) is 5.82 Å². The molecule has 0 fully saturated rings. The molecule has 10 rings (SSSR count). The van der Waals surface area contributed by atoms with Gasteiger partial charge in [0.25, 0.3) is 0 Å². The first-order chi connectivity index (χ1) is 27.2. The van der Waals surface area contributed by atoms with Crippen LogP contribution >= 0.6 is 0 Å². The number of rotatable bonds is 7. The lowest BCUT2D eigenvalue weighted by molar-refractivity contribution is 0.669. The molecule has 0 atom stereocenters. The highest BCUT2D eigenvalue weighted by molar-refractivity contribution is 6.12. The van der Waals surface area contributed by atoms with Gasteiger partial charge in [-0.05, 0) is 93.0 Å². The molecule has 10 aromatic rings. The van der Waals surface area contributed by atoms with Crippen molar-refractivity contribution in [3.8, 4) is 78.4 Å². The predicted molar refractivity (Wildman–Crippen MR) is 227 cm³/mol. The number of para-hydroxylation sites is 1. The number of hydrogen-bond acceptors (Lipinski definition) is 3. The van der Waals surface area contributed by atoms with Gasteiger partial charge in [0, 0.05) is 27.5 Å². The first kappa shape index (κ1) is 32.3. The van der Waals surface area contributed by atoms with E-state index in [1.165, 1.54) is 11.1 Å². The van der Waals surface area contributed by atoms with Gasteiger partial charge in [0.05, 0.1) is 11.4 Å². The van der Waals surface area contributed by atoms with Crippen molar-refractivity contribution in [1.82, 2.24) is 9.97 Å². The third-order valence-corrected chi connectivity index (χ3v) is 10.3. The van der Waals surface area contributed by atoms with Gasteiger partial charge in [-0.2, -0.15) is 0 Å². The van der Waals surface area contributed by atoms with Crippen molar-refractivity contribution >= 4 is 21.9 Å². The van der Waals surface area contributed by atoms with Crippen molar-refractivity contribution in [3.05, 3.63) is 206 Å². The fourth-order valence-electron chi connectivity index (χ4n) is 7.57. The summed E-state index contributed by atoms with van der Waals surface area (Å²) < 4.78 is 6.32. The summed E-state index contributed by atoms with van der Waals surface area (Å²) in [6.45, 7) is 0. The molecule has 0 bridgehead atoms. The Labute approximate surface area is 319 Å². The van der Waals surface area contributed by atoms with Gasteiger partial charge in [-0.1, -0.05) is 158 Å². The van der Waals surface area contributed by atoms with Gasteiger partial charge >= 0.3 is 0 Å². The fraction of sp³-hybridized carbons (Fsp3) is 0. The van der Waals surface area contributed by atoms with Gasteiger partial charge < -0.3 is 4.42 Å². The second-order valence-corrected chi connectivity index (χ2v) is 13.8. The summed E-state index contributed by atoms with van der Waals surface area (Å²) in [7, 11) is 0. The second-order valence-electron chi connectivity index (χ2n) is 13.8. The summed E-state index contributed by atoms with van der Waals surface area (Å²) in [5.41, 5.74) is 15.6. The van der Waals surface area contributed by atoms with Crippen LogP contribution in [-0.2, 0) is 0 Å². The summed E-state index contributed by atoms with van der Waals surface area (Å²) in [6.07, 6.45) is 0. The van der Waals surface area contributed by atoms with E-state index in [1.54, 1.807) is 0 Å². The molecule has 0 radical (unpaired) electrons. The molecular formula is C52H34N2O. The van der Waals surface area contributed by atoms with Gasteiger partial charge in [-0.25, -0.2) is 9.97 Å².